The maximum atomic E-state index is 10.8. The van der Waals surface area contributed by atoms with Crippen LogP contribution in [0.3, 0.4) is 0 Å². The summed E-state index contributed by atoms with van der Waals surface area (Å²) in [6, 6.07) is 2.07. The van der Waals surface area contributed by atoms with Gasteiger partial charge in [0.25, 0.3) is 0 Å². The Labute approximate surface area is 129 Å². The molecular formula is C15H24BrNOS. The average Bonchev–Trinajstić information content (AvgIpc) is 2.84. The molecule has 0 amide bonds. The Morgan fingerprint density at radius 3 is 2.63 bits per heavy atom. The normalized spacial score (nSPS) is 22.1. The van der Waals surface area contributed by atoms with Gasteiger partial charge in [-0.25, -0.2) is 0 Å². The lowest BCUT2D eigenvalue weighted by molar-refractivity contribution is -0.0325. The summed E-state index contributed by atoms with van der Waals surface area (Å²) in [5.41, 5.74) is -0.0934. The summed E-state index contributed by atoms with van der Waals surface area (Å²) in [6.07, 6.45) is 5.32. The topological polar surface area (TPSA) is 23.5 Å². The number of halogens is 1. The number of nitrogens with zero attached hydrogens (tertiary/aromatic N) is 1. The summed E-state index contributed by atoms with van der Waals surface area (Å²) in [4.78, 5) is 3.76. The van der Waals surface area contributed by atoms with E-state index in [9.17, 15) is 5.11 Å². The van der Waals surface area contributed by atoms with Crippen LogP contribution in [-0.2, 0) is 6.42 Å². The average molecular weight is 346 g/mol. The molecule has 2 atom stereocenters. The van der Waals surface area contributed by atoms with E-state index in [-0.39, 0.29) is 11.6 Å². The molecule has 0 saturated carbocycles. The second-order valence-corrected chi connectivity index (χ2v) is 7.53. The molecule has 108 valence electrons. The summed E-state index contributed by atoms with van der Waals surface area (Å²) >= 11 is 5.29. The SMILES string of the molecule is CCC(C)(C(O)Cc1sccc1Br)N1CCCCC1. The van der Waals surface area contributed by atoms with E-state index in [1.165, 1.54) is 24.1 Å². The van der Waals surface area contributed by atoms with Crippen molar-refractivity contribution in [3.05, 3.63) is 20.8 Å². The first kappa shape index (κ1) is 15.5. The maximum absolute atomic E-state index is 10.8. The molecule has 2 unspecified atom stereocenters. The molecule has 1 N–H and O–H groups in total. The highest BCUT2D eigenvalue weighted by atomic mass is 79.9. The lowest BCUT2D eigenvalue weighted by Gasteiger charge is -2.46. The first-order valence-corrected chi connectivity index (χ1v) is 8.90. The quantitative estimate of drug-likeness (QED) is 0.869. The van der Waals surface area contributed by atoms with Crippen molar-refractivity contribution < 1.29 is 5.11 Å². The Balaban J connectivity index is 2.08. The van der Waals surface area contributed by atoms with Gasteiger partial charge >= 0.3 is 0 Å². The number of rotatable bonds is 5. The largest absolute Gasteiger partial charge is 0.391 e. The molecule has 2 rings (SSSR count). The summed E-state index contributed by atoms with van der Waals surface area (Å²) in [6.45, 7) is 6.69. The second-order valence-electron chi connectivity index (χ2n) is 5.67. The standard InChI is InChI=1S/C15H24BrNOS/c1-3-15(2,17-8-5-4-6-9-17)14(18)11-13-12(16)7-10-19-13/h7,10,14,18H,3-6,8-9,11H2,1-2H3. The van der Waals surface area contributed by atoms with Gasteiger partial charge in [0.1, 0.15) is 0 Å². The van der Waals surface area contributed by atoms with Crippen molar-refractivity contribution in [3.8, 4) is 0 Å². The van der Waals surface area contributed by atoms with Gasteiger partial charge in [-0.15, -0.1) is 11.3 Å². The molecule has 1 fully saturated rings. The number of aliphatic hydroxyl groups is 1. The van der Waals surface area contributed by atoms with E-state index in [2.05, 4.69) is 46.1 Å². The molecule has 0 bridgehead atoms. The van der Waals surface area contributed by atoms with Crippen LogP contribution in [0.4, 0.5) is 0 Å². The van der Waals surface area contributed by atoms with Crippen LogP contribution in [0.2, 0.25) is 0 Å². The van der Waals surface area contributed by atoms with Gasteiger partial charge in [-0.2, -0.15) is 0 Å². The van der Waals surface area contributed by atoms with Crippen molar-refractivity contribution in [1.29, 1.82) is 0 Å². The number of likely N-dealkylation sites (tertiary alicyclic amines) is 1. The molecule has 1 saturated heterocycles. The van der Waals surface area contributed by atoms with E-state index < -0.39 is 0 Å². The van der Waals surface area contributed by atoms with E-state index in [1.54, 1.807) is 11.3 Å². The van der Waals surface area contributed by atoms with E-state index in [1.807, 2.05) is 0 Å². The summed E-state index contributed by atoms with van der Waals surface area (Å²) in [7, 11) is 0. The third-order valence-corrected chi connectivity index (χ3v) is 6.53. The third kappa shape index (κ3) is 3.41. The lowest BCUT2D eigenvalue weighted by atomic mass is 9.85. The van der Waals surface area contributed by atoms with Crippen molar-refractivity contribution in [1.82, 2.24) is 4.90 Å². The van der Waals surface area contributed by atoms with Gasteiger partial charge in [0.05, 0.1) is 6.10 Å². The Kier molecular flexibility index (Phi) is 5.46. The molecule has 2 heterocycles. The minimum absolute atomic E-state index is 0.0934. The van der Waals surface area contributed by atoms with Crippen molar-refractivity contribution in [2.45, 2.75) is 57.6 Å². The van der Waals surface area contributed by atoms with E-state index in [4.69, 9.17) is 0 Å². The van der Waals surface area contributed by atoms with E-state index in [0.29, 0.717) is 0 Å². The molecule has 1 aliphatic rings. The lowest BCUT2D eigenvalue weighted by Crippen LogP contribution is -2.56. The molecule has 19 heavy (non-hydrogen) atoms. The monoisotopic (exact) mass is 345 g/mol. The van der Waals surface area contributed by atoms with Crippen LogP contribution in [0.1, 0.15) is 44.4 Å². The van der Waals surface area contributed by atoms with Crippen LogP contribution in [0.15, 0.2) is 15.9 Å². The molecule has 0 radical (unpaired) electrons. The minimum Gasteiger partial charge on any atom is -0.391 e. The number of thiophene rings is 1. The van der Waals surface area contributed by atoms with Crippen LogP contribution < -0.4 is 0 Å². The van der Waals surface area contributed by atoms with Crippen LogP contribution >= 0.6 is 27.3 Å². The van der Waals surface area contributed by atoms with Crippen LogP contribution in [0.5, 0.6) is 0 Å². The predicted octanol–water partition coefficient (Wildman–Crippen LogP) is 4.07. The zero-order valence-electron chi connectivity index (χ0n) is 11.9. The number of piperidine rings is 1. The van der Waals surface area contributed by atoms with Crippen molar-refractivity contribution in [2.75, 3.05) is 13.1 Å². The van der Waals surface area contributed by atoms with Gasteiger partial charge < -0.3 is 5.11 Å². The molecule has 2 nitrogen and oxygen atoms in total. The molecule has 1 aromatic rings. The van der Waals surface area contributed by atoms with Gasteiger partial charge in [-0.1, -0.05) is 13.3 Å². The highest BCUT2D eigenvalue weighted by Crippen LogP contribution is 2.32. The molecule has 0 spiro atoms. The molecule has 0 aliphatic carbocycles. The van der Waals surface area contributed by atoms with Gasteiger partial charge in [-0.05, 0) is 66.7 Å². The third-order valence-electron chi connectivity index (χ3n) is 4.58. The van der Waals surface area contributed by atoms with Crippen molar-refractivity contribution in [3.63, 3.8) is 0 Å². The molecule has 1 aliphatic heterocycles. The Bertz CT molecular complexity index is 403. The fraction of sp³-hybridized carbons (Fsp3) is 0.733. The highest BCUT2D eigenvalue weighted by Gasteiger charge is 2.38. The number of hydrogen-bond donors (Lipinski definition) is 1. The van der Waals surface area contributed by atoms with Gasteiger partial charge in [0, 0.05) is 21.3 Å². The van der Waals surface area contributed by atoms with Crippen LogP contribution in [-0.4, -0.2) is 34.7 Å². The molecule has 0 aromatic carbocycles. The first-order valence-electron chi connectivity index (χ1n) is 7.23. The van der Waals surface area contributed by atoms with E-state index >= 15 is 0 Å². The maximum Gasteiger partial charge on any atom is 0.0769 e. The first-order chi connectivity index (χ1) is 9.08. The highest BCUT2D eigenvalue weighted by molar-refractivity contribution is 9.10. The predicted molar refractivity (Wildman–Crippen MR) is 85.8 cm³/mol. The van der Waals surface area contributed by atoms with Gasteiger partial charge in [0.15, 0.2) is 0 Å². The van der Waals surface area contributed by atoms with Gasteiger partial charge in [0.2, 0.25) is 0 Å². The van der Waals surface area contributed by atoms with E-state index in [0.717, 1.165) is 30.4 Å². The fourth-order valence-corrected chi connectivity index (χ4v) is 4.49. The smallest absolute Gasteiger partial charge is 0.0769 e. The Morgan fingerprint density at radius 2 is 2.11 bits per heavy atom. The molecular weight excluding hydrogens is 322 g/mol. The summed E-state index contributed by atoms with van der Waals surface area (Å²) in [5.74, 6) is 0. The molecule has 4 heteroatoms. The van der Waals surface area contributed by atoms with Crippen LogP contribution in [0, 0.1) is 0 Å². The van der Waals surface area contributed by atoms with Crippen molar-refractivity contribution >= 4 is 27.3 Å². The number of hydrogen-bond acceptors (Lipinski definition) is 3. The zero-order valence-corrected chi connectivity index (χ0v) is 14.3. The van der Waals surface area contributed by atoms with Gasteiger partial charge in [-0.3, -0.25) is 4.90 Å². The Hall–Kier alpha value is 0.1000. The Morgan fingerprint density at radius 1 is 1.42 bits per heavy atom. The number of aliphatic hydroxyl groups excluding tert-OH is 1. The summed E-state index contributed by atoms with van der Waals surface area (Å²) < 4.78 is 1.13. The van der Waals surface area contributed by atoms with Crippen LogP contribution in [0.25, 0.3) is 0 Å². The summed E-state index contributed by atoms with van der Waals surface area (Å²) in [5, 5.41) is 12.8. The van der Waals surface area contributed by atoms with Crippen molar-refractivity contribution in [2.24, 2.45) is 0 Å². The minimum atomic E-state index is -0.300. The fourth-order valence-electron chi connectivity index (χ4n) is 2.94. The zero-order chi connectivity index (χ0) is 13.9. The molecule has 1 aromatic heterocycles. The second kappa shape index (κ2) is 6.70.